The molecule has 0 radical (unpaired) electrons. The first-order valence-electron chi connectivity index (χ1n) is 8.46. The second-order valence-corrected chi connectivity index (χ2v) is 6.46. The summed E-state index contributed by atoms with van der Waals surface area (Å²) in [5, 5.41) is 11.7. The number of anilines is 1. The molecule has 0 fully saturated rings. The molecule has 0 saturated heterocycles. The number of rotatable bonds is 5. The predicted octanol–water partition coefficient (Wildman–Crippen LogP) is 2.38. The van der Waals surface area contributed by atoms with E-state index in [1.54, 1.807) is 18.2 Å². The number of carbonyl (C=O) groups is 2. The van der Waals surface area contributed by atoms with Gasteiger partial charge in [0.1, 0.15) is 11.9 Å². The van der Waals surface area contributed by atoms with Gasteiger partial charge in [-0.25, -0.2) is 18.0 Å². The van der Waals surface area contributed by atoms with Gasteiger partial charge in [-0.2, -0.15) is 0 Å². The van der Waals surface area contributed by atoms with Crippen LogP contribution in [0.25, 0.3) is 0 Å². The molecule has 0 unspecified atom stereocenters. The second kappa shape index (κ2) is 7.89. The van der Waals surface area contributed by atoms with Crippen molar-refractivity contribution in [3.05, 3.63) is 64.5 Å². The zero-order valence-corrected chi connectivity index (χ0v) is 14.7. The largest absolute Gasteiger partial charge is 0.392 e. The molecule has 2 aromatic rings. The van der Waals surface area contributed by atoms with Gasteiger partial charge in [0.2, 0.25) is 5.91 Å². The van der Waals surface area contributed by atoms with Gasteiger partial charge in [0, 0.05) is 23.2 Å². The fourth-order valence-corrected chi connectivity index (χ4v) is 3.22. The van der Waals surface area contributed by atoms with Crippen LogP contribution in [-0.4, -0.2) is 23.1 Å². The third-order valence-electron chi connectivity index (χ3n) is 4.58. The third kappa shape index (κ3) is 3.94. The number of nitrogens with one attached hydrogen (secondary N) is 1. The number of benzene rings is 2. The highest BCUT2D eigenvalue weighted by atomic mass is 19.3. The lowest BCUT2D eigenvalue weighted by atomic mass is 9.95. The Balaban J connectivity index is 2.03. The van der Waals surface area contributed by atoms with Crippen LogP contribution in [0.5, 0.6) is 0 Å². The minimum absolute atomic E-state index is 0.0915. The number of fused-ring (bicyclic) bond motifs is 1. The maximum Gasteiger partial charge on any atom is 0.312 e. The maximum atomic E-state index is 14.2. The molecule has 9 heteroatoms. The Kier molecular flexibility index (Phi) is 5.55. The van der Waals surface area contributed by atoms with E-state index in [0.29, 0.717) is 16.8 Å². The summed E-state index contributed by atoms with van der Waals surface area (Å²) in [4.78, 5) is 25.3. The highest BCUT2D eigenvalue weighted by Gasteiger charge is 2.34. The molecule has 0 spiro atoms. The average Bonchev–Trinajstić information content (AvgIpc) is 2.65. The van der Waals surface area contributed by atoms with Crippen LogP contribution in [0.3, 0.4) is 0 Å². The van der Waals surface area contributed by atoms with Gasteiger partial charge in [-0.05, 0) is 29.3 Å². The van der Waals surface area contributed by atoms with Gasteiger partial charge < -0.3 is 21.1 Å². The first-order valence-corrected chi connectivity index (χ1v) is 8.46. The first kappa shape index (κ1) is 19.7. The van der Waals surface area contributed by atoms with Gasteiger partial charge in [0.15, 0.2) is 0 Å². The lowest BCUT2D eigenvalue weighted by Gasteiger charge is -2.34. The van der Waals surface area contributed by atoms with E-state index in [1.807, 2.05) is 0 Å². The Bertz CT molecular complexity index is 921. The number of nitrogens with two attached hydrogens (primary N) is 1. The monoisotopic (exact) mass is 393 g/mol. The Morgan fingerprint density at radius 1 is 1.29 bits per heavy atom. The van der Waals surface area contributed by atoms with Crippen molar-refractivity contribution in [1.29, 1.82) is 0 Å². The first-order chi connectivity index (χ1) is 13.3. The van der Waals surface area contributed by atoms with Gasteiger partial charge in [-0.15, -0.1) is 0 Å². The molecule has 0 aromatic heterocycles. The number of alkyl halides is 2. The molecule has 1 aliphatic rings. The van der Waals surface area contributed by atoms with Crippen molar-refractivity contribution in [3.63, 3.8) is 0 Å². The number of nitrogens with zero attached hydrogens (tertiary/aromatic N) is 1. The quantitative estimate of drug-likeness (QED) is 0.728. The van der Waals surface area contributed by atoms with Gasteiger partial charge in [0.05, 0.1) is 13.2 Å². The Morgan fingerprint density at radius 2 is 2.04 bits per heavy atom. The minimum Gasteiger partial charge on any atom is -0.392 e. The van der Waals surface area contributed by atoms with Crippen LogP contribution >= 0.6 is 0 Å². The summed E-state index contributed by atoms with van der Waals surface area (Å²) in [6, 6.07) is 5.97. The van der Waals surface area contributed by atoms with E-state index >= 15 is 0 Å². The topological polar surface area (TPSA) is 95.7 Å². The van der Waals surface area contributed by atoms with Crippen LogP contribution in [0, 0.1) is 5.82 Å². The highest BCUT2D eigenvalue weighted by molar-refractivity contribution is 6.01. The molecule has 0 aliphatic carbocycles. The van der Waals surface area contributed by atoms with Gasteiger partial charge >= 0.3 is 6.03 Å². The molecular formula is C19H18F3N3O3. The van der Waals surface area contributed by atoms with Gasteiger partial charge in [-0.3, -0.25) is 4.79 Å². The number of amides is 3. The Labute approximate surface area is 158 Å². The normalized spacial score (nSPS) is 16.2. The van der Waals surface area contributed by atoms with Crippen molar-refractivity contribution in [2.75, 3.05) is 4.90 Å². The Hall–Kier alpha value is -3.07. The summed E-state index contributed by atoms with van der Waals surface area (Å²) >= 11 is 0. The summed E-state index contributed by atoms with van der Waals surface area (Å²) in [7, 11) is 0. The molecule has 28 heavy (non-hydrogen) atoms. The summed E-state index contributed by atoms with van der Waals surface area (Å²) in [5.74, 6) is -1.29. The van der Waals surface area contributed by atoms with Crippen LogP contribution in [0.4, 0.5) is 23.7 Å². The molecule has 3 amide bonds. The van der Waals surface area contributed by atoms with Crippen molar-refractivity contribution in [3.8, 4) is 0 Å². The molecule has 1 atom stereocenters. The summed E-state index contributed by atoms with van der Waals surface area (Å²) in [5.41, 5.74) is 6.29. The molecular weight excluding hydrogens is 375 g/mol. The molecule has 1 aliphatic heterocycles. The SMILES string of the molecule is NC(=O)N[C@@H]1Cc2ccc(CO)cc2N(Cc2cc(C(F)F)ccc2F)C1=O. The van der Waals surface area contributed by atoms with E-state index < -0.39 is 30.2 Å². The van der Waals surface area contributed by atoms with E-state index in [9.17, 15) is 27.9 Å². The van der Waals surface area contributed by atoms with Crippen molar-refractivity contribution >= 4 is 17.6 Å². The molecule has 2 aromatic carbocycles. The van der Waals surface area contributed by atoms with Crippen LogP contribution < -0.4 is 16.0 Å². The molecule has 0 bridgehead atoms. The molecule has 148 valence electrons. The van der Waals surface area contributed by atoms with Crippen molar-refractivity contribution in [2.24, 2.45) is 5.73 Å². The zero-order valence-electron chi connectivity index (χ0n) is 14.7. The molecule has 3 rings (SSSR count). The number of hydrogen-bond acceptors (Lipinski definition) is 3. The van der Waals surface area contributed by atoms with E-state index in [4.69, 9.17) is 5.73 Å². The van der Waals surface area contributed by atoms with Crippen molar-refractivity contribution in [1.82, 2.24) is 5.32 Å². The number of halogens is 3. The third-order valence-corrected chi connectivity index (χ3v) is 4.58. The van der Waals surface area contributed by atoms with E-state index in [1.165, 1.54) is 4.90 Å². The summed E-state index contributed by atoms with van der Waals surface area (Å²) in [6.07, 6.45) is -2.62. The summed E-state index contributed by atoms with van der Waals surface area (Å²) in [6.45, 7) is -0.586. The van der Waals surface area contributed by atoms with Crippen molar-refractivity contribution in [2.45, 2.75) is 32.0 Å². The van der Waals surface area contributed by atoms with Crippen LogP contribution in [0.15, 0.2) is 36.4 Å². The number of carbonyl (C=O) groups excluding carboxylic acids is 2. The minimum atomic E-state index is -2.78. The van der Waals surface area contributed by atoms with Crippen LogP contribution in [-0.2, 0) is 24.4 Å². The predicted molar refractivity (Wildman–Crippen MR) is 95.1 cm³/mol. The zero-order chi connectivity index (χ0) is 20.4. The smallest absolute Gasteiger partial charge is 0.312 e. The van der Waals surface area contributed by atoms with Crippen molar-refractivity contribution < 1.29 is 27.9 Å². The second-order valence-electron chi connectivity index (χ2n) is 6.46. The lowest BCUT2D eigenvalue weighted by molar-refractivity contribution is -0.120. The standard InChI is InChI=1S/C19H18F3N3O3/c20-14-4-3-12(17(21)22)6-13(14)8-25-16-5-10(9-26)1-2-11(16)7-15(18(25)27)24-19(23)28/h1-6,15,17,26H,7-9H2,(H3,23,24,28)/t15-/m1/s1. The van der Waals surface area contributed by atoms with Crippen LogP contribution in [0.1, 0.15) is 28.7 Å². The molecule has 0 saturated carbocycles. The number of aliphatic hydroxyl groups is 1. The van der Waals surface area contributed by atoms with Crippen LogP contribution in [0.2, 0.25) is 0 Å². The van der Waals surface area contributed by atoms with E-state index in [2.05, 4.69) is 5.32 Å². The maximum absolute atomic E-state index is 14.2. The molecule has 1 heterocycles. The number of aliphatic hydroxyl groups excluding tert-OH is 1. The Morgan fingerprint density at radius 3 is 2.68 bits per heavy atom. The lowest BCUT2D eigenvalue weighted by Crippen LogP contribution is -2.53. The molecule has 4 N–H and O–H groups in total. The van der Waals surface area contributed by atoms with Gasteiger partial charge in [0.25, 0.3) is 6.43 Å². The number of urea groups is 1. The van der Waals surface area contributed by atoms with Gasteiger partial charge in [-0.1, -0.05) is 18.2 Å². The van der Waals surface area contributed by atoms with E-state index in [-0.39, 0.29) is 30.7 Å². The average molecular weight is 393 g/mol. The highest BCUT2D eigenvalue weighted by Crippen LogP contribution is 2.32. The number of primary amides is 1. The number of hydrogen-bond donors (Lipinski definition) is 3. The molecule has 6 nitrogen and oxygen atoms in total. The van der Waals surface area contributed by atoms with E-state index in [0.717, 1.165) is 18.2 Å². The fraction of sp³-hybridized carbons (Fsp3) is 0.263. The fourth-order valence-electron chi connectivity index (χ4n) is 3.22. The summed E-state index contributed by atoms with van der Waals surface area (Å²) < 4.78 is 40.2.